The standard InChI is InChI=1S/C10H17NO3/c1-8-2-4-9(5-3-8)6-11-14-7-10(12)13/h6,8-9H,2-5,7H2,1H3,(H,12,13)/b11-6+. The van der Waals surface area contributed by atoms with E-state index in [0.717, 1.165) is 18.8 Å². The summed E-state index contributed by atoms with van der Waals surface area (Å²) in [5.41, 5.74) is 0. The topological polar surface area (TPSA) is 58.9 Å². The van der Waals surface area contributed by atoms with Crippen LogP contribution in [-0.4, -0.2) is 23.9 Å². The number of nitrogens with zero attached hydrogens (tertiary/aromatic N) is 1. The van der Waals surface area contributed by atoms with Gasteiger partial charge in [0.15, 0.2) is 0 Å². The molecule has 1 aliphatic rings. The van der Waals surface area contributed by atoms with Crippen LogP contribution in [0.4, 0.5) is 0 Å². The molecular weight excluding hydrogens is 182 g/mol. The van der Waals surface area contributed by atoms with Crippen LogP contribution in [0.3, 0.4) is 0 Å². The van der Waals surface area contributed by atoms with Crippen LogP contribution in [0.25, 0.3) is 0 Å². The number of rotatable bonds is 4. The SMILES string of the molecule is CC1CCC(/C=N/OCC(=O)O)CC1. The monoisotopic (exact) mass is 199 g/mol. The van der Waals surface area contributed by atoms with E-state index in [-0.39, 0.29) is 6.61 Å². The summed E-state index contributed by atoms with van der Waals surface area (Å²) < 4.78 is 0. The quantitative estimate of drug-likeness (QED) is 0.555. The zero-order chi connectivity index (χ0) is 10.4. The fraction of sp³-hybridized carbons (Fsp3) is 0.800. The molecule has 0 amide bonds. The minimum absolute atomic E-state index is 0.348. The zero-order valence-corrected chi connectivity index (χ0v) is 8.48. The maximum atomic E-state index is 10.1. The average molecular weight is 199 g/mol. The summed E-state index contributed by atoms with van der Waals surface area (Å²) in [4.78, 5) is 14.7. The van der Waals surface area contributed by atoms with Crippen molar-refractivity contribution in [1.29, 1.82) is 0 Å². The number of carboxylic acids is 1. The first-order chi connectivity index (χ1) is 6.68. The first kappa shape index (κ1) is 11.0. The van der Waals surface area contributed by atoms with Crippen molar-refractivity contribution in [3.05, 3.63) is 0 Å². The molecule has 1 N–H and O–H groups in total. The lowest BCUT2D eigenvalue weighted by atomic mass is 9.84. The van der Waals surface area contributed by atoms with Gasteiger partial charge in [0.1, 0.15) is 0 Å². The van der Waals surface area contributed by atoms with E-state index >= 15 is 0 Å². The van der Waals surface area contributed by atoms with Crippen molar-refractivity contribution in [3.8, 4) is 0 Å². The van der Waals surface area contributed by atoms with E-state index in [9.17, 15) is 4.79 Å². The summed E-state index contributed by atoms with van der Waals surface area (Å²) in [6.45, 7) is 1.91. The molecule has 4 nitrogen and oxygen atoms in total. The number of oxime groups is 1. The molecule has 0 aliphatic heterocycles. The normalized spacial score (nSPS) is 27.8. The molecule has 0 atom stereocenters. The van der Waals surface area contributed by atoms with E-state index in [1.807, 2.05) is 0 Å². The molecule has 1 saturated carbocycles. The molecule has 0 aromatic heterocycles. The van der Waals surface area contributed by atoms with Gasteiger partial charge < -0.3 is 9.94 Å². The Bertz CT molecular complexity index is 207. The summed E-state index contributed by atoms with van der Waals surface area (Å²) in [6.07, 6.45) is 6.49. The molecule has 0 saturated heterocycles. The lowest BCUT2D eigenvalue weighted by Gasteiger charge is -2.22. The van der Waals surface area contributed by atoms with E-state index < -0.39 is 5.97 Å². The van der Waals surface area contributed by atoms with Gasteiger partial charge in [-0.25, -0.2) is 4.79 Å². The number of hydrogen-bond donors (Lipinski definition) is 1. The smallest absolute Gasteiger partial charge is 0.344 e. The van der Waals surface area contributed by atoms with Crippen LogP contribution in [0.5, 0.6) is 0 Å². The minimum atomic E-state index is -0.987. The second-order valence-corrected chi connectivity index (χ2v) is 3.94. The lowest BCUT2D eigenvalue weighted by Crippen LogP contribution is -2.13. The average Bonchev–Trinajstić information content (AvgIpc) is 2.15. The van der Waals surface area contributed by atoms with Crippen LogP contribution in [0, 0.1) is 11.8 Å². The van der Waals surface area contributed by atoms with Crippen LogP contribution in [-0.2, 0) is 9.63 Å². The summed E-state index contributed by atoms with van der Waals surface area (Å²) in [5, 5.41) is 11.9. The third kappa shape index (κ3) is 4.25. The molecule has 0 aromatic rings. The Labute approximate surface area is 83.9 Å². The molecule has 0 unspecified atom stereocenters. The molecule has 14 heavy (non-hydrogen) atoms. The molecule has 0 spiro atoms. The zero-order valence-electron chi connectivity index (χ0n) is 8.48. The Morgan fingerprint density at radius 3 is 2.71 bits per heavy atom. The van der Waals surface area contributed by atoms with Gasteiger partial charge in [0.25, 0.3) is 0 Å². The summed E-state index contributed by atoms with van der Waals surface area (Å²) in [6, 6.07) is 0. The molecular formula is C10H17NO3. The molecule has 4 heteroatoms. The maximum absolute atomic E-state index is 10.1. The molecule has 0 aromatic carbocycles. The molecule has 1 aliphatic carbocycles. The predicted octanol–water partition coefficient (Wildman–Crippen LogP) is 1.90. The summed E-state index contributed by atoms with van der Waals surface area (Å²) >= 11 is 0. The number of hydrogen-bond acceptors (Lipinski definition) is 3. The Hall–Kier alpha value is -1.06. The van der Waals surface area contributed by atoms with Crippen molar-refractivity contribution >= 4 is 12.2 Å². The van der Waals surface area contributed by atoms with Gasteiger partial charge in [0.05, 0.1) is 0 Å². The van der Waals surface area contributed by atoms with E-state index in [1.54, 1.807) is 6.21 Å². The fourth-order valence-electron chi connectivity index (χ4n) is 1.66. The molecule has 1 rings (SSSR count). The second kappa shape index (κ2) is 5.62. The van der Waals surface area contributed by atoms with Crippen LogP contribution >= 0.6 is 0 Å². The molecule has 80 valence electrons. The lowest BCUT2D eigenvalue weighted by molar-refractivity contribution is -0.142. The molecule has 0 heterocycles. The Morgan fingerprint density at radius 1 is 1.50 bits per heavy atom. The predicted molar refractivity (Wildman–Crippen MR) is 53.2 cm³/mol. The molecule has 1 fully saturated rings. The minimum Gasteiger partial charge on any atom is -0.479 e. The largest absolute Gasteiger partial charge is 0.479 e. The second-order valence-electron chi connectivity index (χ2n) is 3.94. The van der Waals surface area contributed by atoms with Gasteiger partial charge in [-0.05, 0) is 24.7 Å². The van der Waals surface area contributed by atoms with Crippen LogP contribution in [0.2, 0.25) is 0 Å². The van der Waals surface area contributed by atoms with E-state index in [4.69, 9.17) is 5.11 Å². The van der Waals surface area contributed by atoms with Crippen molar-refractivity contribution in [2.24, 2.45) is 17.0 Å². The number of carbonyl (C=O) groups is 1. The van der Waals surface area contributed by atoms with Crippen molar-refractivity contribution in [3.63, 3.8) is 0 Å². The highest BCUT2D eigenvalue weighted by Crippen LogP contribution is 2.26. The third-order valence-electron chi connectivity index (χ3n) is 2.59. The highest BCUT2D eigenvalue weighted by molar-refractivity contribution is 5.68. The van der Waals surface area contributed by atoms with Gasteiger partial charge in [0, 0.05) is 6.21 Å². The van der Waals surface area contributed by atoms with Gasteiger partial charge in [-0.1, -0.05) is 24.9 Å². The van der Waals surface area contributed by atoms with E-state index in [2.05, 4.69) is 16.9 Å². The Morgan fingerprint density at radius 2 is 2.14 bits per heavy atom. The van der Waals surface area contributed by atoms with Crippen molar-refractivity contribution in [2.45, 2.75) is 32.6 Å². The fourth-order valence-corrected chi connectivity index (χ4v) is 1.66. The van der Waals surface area contributed by atoms with Crippen molar-refractivity contribution < 1.29 is 14.7 Å². The third-order valence-corrected chi connectivity index (χ3v) is 2.59. The maximum Gasteiger partial charge on any atom is 0.344 e. The van der Waals surface area contributed by atoms with Gasteiger partial charge in [-0.3, -0.25) is 0 Å². The highest BCUT2D eigenvalue weighted by Gasteiger charge is 2.16. The van der Waals surface area contributed by atoms with E-state index in [0.29, 0.717) is 5.92 Å². The van der Waals surface area contributed by atoms with Crippen LogP contribution < -0.4 is 0 Å². The first-order valence-corrected chi connectivity index (χ1v) is 5.05. The van der Waals surface area contributed by atoms with Crippen molar-refractivity contribution in [1.82, 2.24) is 0 Å². The van der Waals surface area contributed by atoms with Crippen LogP contribution in [0.15, 0.2) is 5.16 Å². The van der Waals surface area contributed by atoms with Gasteiger partial charge in [-0.15, -0.1) is 0 Å². The molecule has 0 radical (unpaired) electrons. The number of aliphatic carboxylic acids is 1. The van der Waals surface area contributed by atoms with Crippen molar-refractivity contribution in [2.75, 3.05) is 6.61 Å². The summed E-state index contributed by atoms with van der Waals surface area (Å²) in [5.74, 6) is 0.305. The summed E-state index contributed by atoms with van der Waals surface area (Å²) in [7, 11) is 0. The first-order valence-electron chi connectivity index (χ1n) is 5.05. The highest BCUT2D eigenvalue weighted by atomic mass is 16.6. The van der Waals surface area contributed by atoms with Crippen LogP contribution in [0.1, 0.15) is 32.6 Å². The Kier molecular flexibility index (Phi) is 4.43. The molecule has 0 bridgehead atoms. The Balaban J connectivity index is 2.14. The van der Waals surface area contributed by atoms with Gasteiger partial charge in [0.2, 0.25) is 6.61 Å². The van der Waals surface area contributed by atoms with E-state index in [1.165, 1.54) is 12.8 Å². The van der Waals surface area contributed by atoms with Gasteiger partial charge >= 0.3 is 5.97 Å². The number of carboxylic acid groups (broad SMARTS) is 1. The van der Waals surface area contributed by atoms with Gasteiger partial charge in [-0.2, -0.15) is 0 Å².